The molecule has 0 bridgehead atoms. The number of hydrogen-bond donors (Lipinski definition) is 0. The molecule has 2 rings (SSSR count). The fourth-order valence-corrected chi connectivity index (χ4v) is 6.63. The van der Waals surface area contributed by atoms with Gasteiger partial charge in [-0.2, -0.15) is 0 Å². The zero-order valence-electron chi connectivity index (χ0n) is 18.5. The molecule has 0 N–H and O–H groups in total. The van der Waals surface area contributed by atoms with Crippen LogP contribution in [0.2, 0.25) is 0 Å². The van der Waals surface area contributed by atoms with Crippen LogP contribution in [0.25, 0.3) is 0 Å². The largest absolute Gasteiger partial charge is 0.317 e. The lowest BCUT2D eigenvalue weighted by molar-refractivity contribution is -0.385. The van der Waals surface area contributed by atoms with Crippen LogP contribution >= 0.6 is 31.9 Å². The maximum absolute atomic E-state index is 13.6. The molecule has 12 heteroatoms. The van der Waals surface area contributed by atoms with Crippen LogP contribution in [0.3, 0.4) is 0 Å². The van der Waals surface area contributed by atoms with Crippen LogP contribution in [-0.4, -0.2) is 94.1 Å². The Balaban J connectivity index is 2.65. The van der Waals surface area contributed by atoms with Gasteiger partial charge in [0.25, 0.3) is 11.6 Å². The molecule has 2 atom stereocenters. The first-order valence-electron chi connectivity index (χ1n) is 10.5. The summed E-state index contributed by atoms with van der Waals surface area (Å²) in [6.45, 7) is 7.37. The Morgan fingerprint density at radius 3 is 2.31 bits per heavy atom. The monoisotopic (exact) mass is 596 g/mol. The third-order valence-electron chi connectivity index (χ3n) is 5.64. The maximum Gasteiger partial charge on any atom is 0.282 e. The molecule has 0 radical (unpaired) electrons. The van der Waals surface area contributed by atoms with Gasteiger partial charge in [-0.3, -0.25) is 24.7 Å². The summed E-state index contributed by atoms with van der Waals surface area (Å²) in [7, 11) is -3.73. The van der Waals surface area contributed by atoms with Gasteiger partial charge < -0.3 is 4.90 Å². The van der Waals surface area contributed by atoms with Crippen LogP contribution in [0.4, 0.5) is 5.69 Å². The van der Waals surface area contributed by atoms with Gasteiger partial charge in [-0.1, -0.05) is 50.9 Å². The first kappa shape index (κ1) is 27.2. The number of carbonyl (C=O) groups is 1. The second-order valence-electron chi connectivity index (χ2n) is 7.77. The Morgan fingerprint density at radius 1 is 1.22 bits per heavy atom. The predicted molar refractivity (Wildman–Crippen MR) is 132 cm³/mol. The van der Waals surface area contributed by atoms with Crippen molar-refractivity contribution < 1.29 is 18.1 Å². The highest BCUT2D eigenvalue weighted by Crippen LogP contribution is 2.30. The normalized spacial score (nSPS) is 20.2. The lowest BCUT2D eigenvalue weighted by Crippen LogP contribution is -2.70. The van der Waals surface area contributed by atoms with Crippen LogP contribution in [0.5, 0.6) is 0 Å². The quantitative estimate of drug-likeness (QED) is 0.232. The number of carbonyl (C=O) groups excluding carboxylic acids is 1. The van der Waals surface area contributed by atoms with Gasteiger partial charge in [-0.15, -0.1) is 0 Å². The number of nitro benzene ring substituents is 1. The molecule has 0 aromatic heterocycles. The molecule has 9 nitrogen and oxygen atoms in total. The van der Waals surface area contributed by atoms with Gasteiger partial charge in [-0.25, -0.2) is 8.42 Å². The summed E-state index contributed by atoms with van der Waals surface area (Å²) < 4.78 is 26.8. The summed E-state index contributed by atoms with van der Waals surface area (Å²) in [5, 5.41) is 11.6. The highest BCUT2D eigenvalue weighted by Gasteiger charge is 2.49. The van der Waals surface area contributed by atoms with Gasteiger partial charge in [0.15, 0.2) is 15.2 Å². The van der Waals surface area contributed by atoms with E-state index in [1.54, 1.807) is 13.0 Å². The topological polar surface area (TPSA) is 104 Å². The summed E-state index contributed by atoms with van der Waals surface area (Å²) >= 11 is 6.91. The highest BCUT2D eigenvalue weighted by atomic mass is 79.9. The summed E-state index contributed by atoms with van der Waals surface area (Å²) in [6.07, 6.45) is -0.574. The number of benzene rings is 1. The van der Waals surface area contributed by atoms with Gasteiger partial charge in [0.05, 0.1) is 11.1 Å². The number of rotatable bonds is 10. The van der Waals surface area contributed by atoms with E-state index in [0.29, 0.717) is 30.3 Å². The van der Waals surface area contributed by atoms with Crippen LogP contribution in [-0.2, 0) is 9.84 Å². The fourth-order valence-electron chi connectivity index (χ4n) is 4.09. The highest BCUT2D eigenvalue weighted by molar-refractivity contribution is 9.09. The SMILES string of the molecule is CCS(=O)(=O)C1C(N(CCBr)CCBr)N(C(C)C)CCN1C(=O)c1ccccc1[N+](=O)[O-]. The Labute approximate surface area is 206 Å². The van der Waals surface area contributed by atoms with E-state index >= 15 is 0 Å². The molecular weight excluding hydrogens is 568 g/mol. The molecule has 1 aromatic rings. The number of sulfone groups is 1. The van der Waals surface area contributed by atoms with E-state index in [-0.39, 0.29) is 29.6 Å². The van der Waals surface area contributed by atoms with Crippen LogP contribution in [0.15, 0.2) is 24.3 Å². The second-order valence-corrected chi connectivity index (χ2v) is 11.7. The predicted octanol–water partition coefficient (Wildman–Crippen LogP) is 2.94. The lowest BCUT2D eigenvalue weighted by atomic mass is 10.1. The molecule has 1 fully saturated rings. The molecule has 0 aliphatic carbocycles. The van der Waals surface area contributed by atoms with Gasteiger partial charge in [-0.05, 0) is 19.9 Å². The number of alkyl halides is 2. The van der Waals surface area contributed by atoms with Crippen molar-refractivity contribution in [3.8, 4) is 0 Å². The van der Waals surface area contributed by atoms with E-state index < -0.39 is 32.2 Å². The van der Waals surface area contributed by atoms with E-state index in [1.807, 2.05) is 13.8 Å². The Hall–Kier alpha value is -1.08. The number of halogens is 2. The molecule has 1 aliphatic heterocycles. The third kappa shape index (κ3) is 5.88. The summed E-state index contributed by atoms with van der Waals surface area (Å²) in [5.41, 5.74) is -0.427. The van der Waals surface area contributed by atoms with Crippen LogP contribution in [0, 0.1) is 10.1 Å². The Bertz CT molecular complexity index is 909. The maximum atomic E-state index is 13.6. The first-order valence-corrected chi connectivity index (χ1v) is 14.4. The molecular formula is C20H30Br2N4O5S. The number of hydrogen-bond acceptors (Lipinski definition) is 7. The van der Waals surface area contributed by atoms with Crippen molar-refractivity contribution in [2.75, 3.05) is 42.6 Å². The Morgan fingerprint density at radius 2 is 1.81 bits per heavy atom. The minimum Gasteiger partial charge on any atom is -0.317 e. The molecule has 1 saturated heterocycles. The molecule has 1 aliphatic rings. The molecule has 0 spiro atoms. The fraction of sp³-hybridized carbons (Fsp3) is 0.650. The third-order valence-corrected chi connectivity index (χ3v) is 8.39. The van der Waals surface area contributed by atoms with Crippen molar-refractivity contribution in [3.63, 3.8) is 0 Å². The number of nitrogens with zero attached hydrogens (tertiary/aromatic N) is 4. The molecule has 1 amide bonds. The number of amides is 1. The molecule has 32 heavy (non-hydrogen) atoms. The van der Waals surface area contributed by atoms with Gasteiger partial charge in [0.1, 0.15) is 5.56 Å². The van der Waals surface area contributed by atoms with Gasteiger partial charge >= 0.3 is 0 Å². The number of para-hydroxylation sites is 1. The molecule has 1 aromatic carbocycles. The van der Waals surface area contributed by atoms with Crippen LogP contribution in [0.1, 0.15) is 31.1 Å². The summed E-state index contributed by atoms with van der Waals surface area (Å²) in [6, 6.07) is 5.73. The lowest BCUT2D eigenvalue weighted by Gasteiger charge is -2.52. The van der Waals surface area contributed by atoms with E-state index in [4.69, 9.17) is 0 Å². The van der Waals surface area contributed by atoms with Crippen molar-refractivity contribution in [1.29, 1.82) is 0 Å². The second kappa shape index (κ2) is 11.9. The number of nitro groups is 1. The van der Waals surface area contributed by atoms with Crippen molar-refractivity contribution >= 4 is 53.3 Å². The van der Waals surface area contributed by atoms with Crippen molar-refractivity contribution in [3.05, 3.63) is 39.9 Å². The zero-order valence-corrected chi connectivity index (χ0v) is 22.5. The average Bonchev–Trinajstić information content (AvgIpc) is 2.77. The summed E-state index contributed by atoms with van der Waals surface area (Å²) in [5.74, 6) is -0.776. The van der Waals surface area contributed by atoms with E-state index in [2.05, 4.69) is 41.7 Å². The van der Waals surface area contributed by atoms with Gasteiger partial charge in [0.2, 0.25) is 0 Å². The van der Waals surface area contributed by atoms with Crippen molar-refractivity contribution in [1.82, 2.24) is 14.7 Å². The smallest absolute Gasteiger partial charge is 0.282 e. The minimum atomic E-state index is -3.73. The molecule has 0 saturated carbocycles. The van der Waals surface area contributed by atoms with Crippen LogP contribution < -0.4 is 0 Å². The van der Waals surface area contributed by atoms with Gasteiger partial charge in [0, 0.05) is 54.7 Å². The number of piperazine rings is 1. The minimum absolute atomic E-state index is 0.0472. The molecule has 2 unspecified atom stereocenters. The van der Waals surface area contributed by atoms with Crippen molar-refractivity contribution in [2.24, 2.45) is 0 Å². The average molecular weight is 598 g/mol. The Kier molecular flexibility index (Phi) is 10.1. The zero-order chi connectivity index (χ0) is 24.1. The standard InChI is InChI=1S/C20H30Br2N4O5S/c1-4-32(30,31)20-18(23(11-9-21)12-10-22)24(15(2)3)13-14-25(20)19(27)16-7-5-6-8-17(16)26(28)29/h5-8,15,18,20H,4,9-14H2,1-3H3. The van der Waals surface area contributed by atoms with E-state index in [9.17, 15) is 23.3 Å². The summed E-state index contributed by atoms with van der Waals surface area (Å²) in [4.78, 5) is 29.9. The van der Waals surface area contributed by atoms with E-state index in [0.717, 1.165) is 0 Å². The van der Waals surface area contributed by atoms with E-state index in [1.165, 1.54) is 23.1 Å². The first-order chi connectivity index (χ1) is 15.1. The molecule has 180 valence electrons. The van der Waals surface area contributed by atoms with Crippen molar-refractivity contribution in [2.45, 2.75) is 38.4 Å². The molecule has 1 heterocycles.